The summed E-state index contributed by atoms with van der Waals surface area (Å²) < 4.78 is 0. The van der Waals surface area contributed by atoms with E-state index in [2.05, 4.69) is 10.3 Å². The second-order valence-corrected chi connectivity index (χ2v) is 7.13. The molecule has 1 atom stereocenters. The molecular formula is C20H26N8O2. The summed E-state index contributed by atoms with van der Waals surface area (Å²) in [6, 6.07) is 1.58. The number of anilines is 1. The van der Waals surface area contributed by atoms with Crippen LogP contribution in [0.1, 0.15) is 28.5 Å². The molecule has 10 heteroatoms. The minimum absolute atomic E-state index is 0.160. The number of aldehydes is 1. The third-order valence-corrected chi connectivity index (χ3v) is 5.09. The third-order valence-electron chi connectivity index (χ3n) is 5.09. The number of nitrogens with zero attached hydrogens (tertiary/aromatic N) is 4. The molecule has 0 saturated carbocycles. The van der Waals surface area contributed by atoms with Gasteiger partial charge in [0.2, 0.25) is 0 Å². The molecule has 1 aromatic heterocycles. The topological polar surface area (TPSA) is 142 Å². The highest BCUT2D eigenvalue weighted by Crippen LogP contribution is 2.29. The first-order valence-electron chi connectivity index (χ1n) is 9.62. The number of hydrogen-bond acceptors (Lipinski definition) is 8. The van der Waals surface area contributed by atoms with E-state index in [9.17, 15) is 9.59 Å². The SMILES string of the molecule is CCN(C=N)C(=N)C1=CC=CC(N2Cc3c(cc(N)nc3CN(C)CC=O)C2=O)N1. The molecule has 1 amide bonds. The van der Waals surface area contributed by atoms with Gasteiger partial charge >= 0.3 is 0 Å². The molecule has 0 aliphatic carbocycles. The summed E-state index contributed by atoms with van der Waals surface area (Å²) >= 11 is 0. The molecule has 0 radical (unpaired) electrons. The number of nitrogen functional groups attached to an aromatic ring is 1. The van der Waals surface area contributed by atoms with E-state index in [1.54, 1.807) is 35.1 Å². The Morgan fingerprint density at radius 3 is 2.93 bits per heavy atom. The number of allylic oxidation sites excluding steroid dienone is 2. The number of carbonyl (C=O) groups excluding carboxylic acids is 2. The van der Waals surface area contributed by atoms with Crippen molar-refractivity contribution in [2.75, 3.05) is 25.9 Å². The van der Waals surface area contributed by atoms with Gasteiger partial charge in [-0.05, 0) is 32.2 Å². The molecule has 1 unspecified atom stereocenters. The average Bonchev–Trinajstić information content (AvgIpc) is 3.06. The number of nitrogens with two attached hydrogens (primary N) is 1. The summed E-state index contributed by atoms with van der Waals surface area (Å²) in [5, 5.41) is 19.0. The monoisotopic (exact) mass is 410 g/mol. The molecule has 5 N–H and O–H groups in total. The molecule has 30 heavy (non-hydrogen) atoms. The van der Waals surface area contributed by atoms with E-state index in [0.717, 1.165) is 18.2 Å². The summed E-state index contributed by atoms with van der Waals surface area (Å²) in [7, 11) is 1.80. The van der Waals surface area contributed by atoms with Crippen molar-refractivity contribution in [3.8, 4) is 0 Å². The van der Waals surface area contributed by atoms with E-state index in [4.69, 9.17) is 16.6 Å². The van der Waals surface area contributed by atoms with Gasteiger partial charge < -0.3 is 25.6 Å². The van der Waals surface area contributed by atoms with Gasteiger partial charge in [-0.2, -0.15) is 0 Å². The summed E-state index contributed by atoms with van der Waals surface area (Å²) in [6.45, 7) is 3.36. The van der Waals surface area contributed by atoms with Crippen molar-refractivity contribution in [3.05, 3.63) is 46.8 Å². The molecule has 1 aromatic rings. The van der Waals surface area contributed by atoms with E-state index in [0.29, 0.717) is 36.6 Å². The van der Waals surface area contributed by atoms with Crippen LogP contribution in [-0.4, -0.2) is 70.4 Å². The van der Waals surface area contributed by atoms with Crippen LogP contribution in [-0.2, 0) is 17.9 Å². The lowest BCUT2D eigenvalue weighted by Gasteiger charge is -2.31. The highest BCUT2D eigenvalue weighted by molar-refractivity contribution is 6.02. The number of amides is 1. The number of fused-ring (bicyclic) bond motifs is 1. The summed E-state index contributed by atoms with van der Waals surface area (Å²) in [4.78, 5) is 33.3. The number of likely N-dealkylation sites (N-methyl/N-ethyl adjacent to an activating group) is 2. The first-order chi connectivity index (χ1) is 14.4. The Kier molecular flexibility index (Phi) is 6.26. The predicted molar refractivity (Wildman–Crippen MR) is 114 cm³/mol. The van der Waals surface area contributed by atoms with E-state index in [1.807, 2.05) is 13.0 Å². The highest BCUT2D eigenvalue weighted by Gasteiger charge is 2.35. The molecule has 2 aliphatic heterocycles. The van der Waals surface area contributed by atoms with E-state index >= 15 is 0 Å². The fourth-order valence-corrected chi connectivity index (χ4v) is 3.52. The van der Waals surface area contributed by atoms with Crippen molar-refractivity contribution in [3.63, 3.8) is 0 Å². The quantitative estimate of drug-likeness (QED) is 0.278. The van der Waals surface area contributed by atoms with Crippen LogP contribution in [0, 0.1) is 10.8 Å². The molecule has 10 nitrogen and oxygen atoms in total. The van der Waals surface area contributed by atoms with Crippen LogP contribution < -0.4 is 11.1 Å². The van der Waals surface area contributed by atoms with Crippen LogP contribution in [0.5, 0.6) is 0 Å². The summed E-state index contributed by atoms with van der Waals surface area (Å²) in [5.41, 5.74) is 8.43. The molecule has 0 fully saturated rings. The lowest BCUT2D eigenvalue weighted by molar-refractivity contribution is -0.108. The number of rotatable bonds is 8. The van der Waals surface area contributed by atoms with Crippen LogP contribution in [0.15, 0.2) is 30.0 Å². The van der Waals surface area contributed by atoms with Gasteiger partial charge in [-0.1, -0.05) is 6.08 Å². The van der Waals surface area contributed by atoms with Crippen molar-refractivity contribution in [1.29, 1.82) is 10.8 Å². The number of pyridine rings is 1. The van der Waals surface area contributed by atoms with Crippen LogP contribution in [0.4, 0.5) is 5.82 Å². The van der Waals surface area contributed by atoms with Crippen LogP contribution in [0.25, 0.3) is 0 Å². The minimum Gasteiger partial charge on any atom is -0.384 e. The molecular weight excluding hydrogens is 384 g/mol. The van der Waals surface area contributed by atoms with Gasteiger partial charge in [0.1, 0.15) is 24.1 Å². The van der Waals surface area contributed by atoms with E-state index < -0.39 is 6.17 Å². The van der Waals surface area contributed by atoms with Crippen molar-refractivity contribution in [2.45, 2.75) is 26.2 Å². The second kappa shape index (κ2) is 8.87. The highest BCUT2D eigenvalue weighted by atomic mass is 16.2. The Morgan fingerprint density at radius 1 is 1.50 bits per heavy atom. The minimum atomic E-state index is -0.448. The smallest absolute Gasteiger partial charge is 0.256 e. The van der Waals surface area contributed by atoms with Gasteiger partial charge in [0.05, 0.1) is 36.4 Å². The zero-order valence-corrected chi connectivity index (χ0v) is 17.1. The van der Waals surface area contributed by atoms with Crippen LogP contribution in [0.2, 0.25) is 0 Å². The Hall–Kier alpha value is -3.53. The molecule has 0 spiro atoms. The Labute approximate surface area is 175 Å². The second-order valence-electron chi connectivity index (χ2n) is 7.13. The maximum absolute atomic E-state index is 13.1. The average molecular weight is 410 g/mol. The van der Waals surface area contributed by atoms with Crippen molar-refractivity contribution in [2.24, 2.45) is 0 Å². The normalized spacial score (nSPS) is 17.4. The molecule has 158 valence electrons. The molecule has 0 bridgehead atoms. The first kappa shape index (κ1) is 21.2. The van der Waals surface area contributed by atoms with E-state index in [1.165, 1.54) is 4.90 Å². The zero-order valence-electron chi connectivity index (χ0n) is 17.1. The number of nitrogens with one attached hydrogen (secondary N) is 3. The van der Waals surface area contributed by atoms with Crippen molar-refractivity contribution < 1.29 is 9.59 Å². The van der Waals surface area contributed by atoms with Crippen molar-refractivity contribution in [1.82, 2.24) is 25.0 Å². The molecule has 3 rings (SSSR count). The maximum Gasteiger partial charge on any atom is 0.256 e. The molecule has 3 heterocycles. The first-order valence-corrected chi connectivity index (χ1v) is 9.62. The van der Waals surface area contributed by atoms with Gasteiger partial charge in [-0.25, -0.2) is 4.98 Å². The van der Waals surface area contributed by atoms with Gasteiger partial charge in [-0.15, -0.1) is 0 Å². The van der Waals surface area contributed by atoms with Gasteiger partial charge in [0.25, 0.3) is 5.91 Å². The predicted octanol–water partition coefficient (Wildman–Crippen LogP) is 0.526. The zero-order chi connectivity index (χ0) is 21.8. The number of dihydropyridines is 1. The van der Waals surface area contributed by atoms with Crippen LogP contribution in [0.3, 0.4) is 0 Å². The van der Waals surface area contributed by atoms with Gasteiger partial charge in [0, 0.05) is 18.7 Å². The summed E-state index contributed by atoms with van der Waals surface area (Å²) in [6.07, 6.45) is 6.86. The molecule has 0 saturated heterocycles. The number of aromatic nitrogens is 1. The largest absolute Gasteiger partial charge is 0.384 e. The fraction of sp³-hybridized carbons (Fsp3) is 0.350. The lowest BCUT2D eigenvalue weighted by Crippen LogP contribution is -2.48. The Morgan fingerprint density at radius 2 is 2.27 bits per heavy atom. The number of hydrogen-bond donors (Lipinski definition) is 4. The van der Waals surface area contributed by atoms with Crippen LogP contribution >= 0.6 is 0 Å². The van der Waals surface area contributed by atoms with Gasteiger partial charge in [0.15, 0.2) is 0 Å². The third kappa shape index (κ3) is 4.08. The lowest BCUT2D eigenvalue weighted by atomic mass is 10.1. The summed E-state index contributed by atoms with van der Waals surface area (Å²) in [5.74, 6) is 0.248. The maximum atomic E-state index is 13.1. The fourth-order valence-electron chi connectivity index (χ4n) is 3.52. The van der Waals surface area contributed by atoms with Crippen molar-refractivity contribution >= 4 is 30.2 Å². The molecule has 0 aromatic carbocycles. The molecule has 2 aliphatic rings. The number of carbonyl (C=O) groups is 2. The standard InChI is InChI=1S/C20H26N8O2/c1-3-27(12-21)19(23)15-5-4-6-18(25-15)28-10-14-13(20(28)30)9-17(22)24-16(14)11-26(2)7-8-29/h4-6,8-9,12,18,21,23,25H,3,7,10-11H2,1-2H3,(H2,22,24). The van der Waals surface area contributed by atoms with E-state index in [-0.39, 0.29) is 24.1 Å². The Balaban J connectivity index is 1.82. The Bertz CT molecular complexity index is 939. The van der Waals surface area contributed by atoms with Gasteiger partial charge in [-0.3, -0.25) is 20.5 Å². The number of amidine groups is 1.